The van der Waals surface area contributed by atoms with E-state index < -0.39 is 5.97 Å². The number of hydrogen-bond donors (Lipinski definition) is 2. The van der Waals surface area contributed by atoms with Crippen molar-refractivity contribution in [2.24, 2.45) is 5.92 Å². The Hall–Kier alpha value is -2.37. The van der Waals surface area contributed by atoms with Gasteiger partial charge in [-0.2, -0.15) is 0 Å². The van der Waals surface area contributed by atoms with Crippen molar-refractivity contribution in [3.8, 4) is 0 Å². The van der Waals surface area contributed by atoms with Gasteiger partial charge in [-0.05, 0) is 49.5 Å². The first-order chi connectivity index (χ1) is 12.6. The molecule has 2 aromatic rings. The van der Waals surface area contributed by atoms with Crippen molar-refractivity contribution in [3.05, 3.63) is 65.7 Å². The molecule has 0 unspecified atom stereocenters. The first-order valence-electron chi connectivity index (χ1n) is 8.98. The normalized spacial score (nSPS) is 15.0. The number of carboxylic acid groups (broad SMARTS) is 1. The Kier molecular flexibility index (Phi) is 7.82. The van der Waals surface area contributed by atoms with Crippen LogP contribution in [0.25, 0.3) is 0 Å². The average Bonchev–Trinajstić information content (AvgIpc) is 2.64. The molecule has 6 heteroatoms. The van der Waals surface area contributed by atoms with Gasteiger partial charge in [0.15, 0.2) is 0 Å². The van der Waals surface area contributed by atoms with Crippen molar-refractivity contribution in [3.63, 3.8) is 0 Å². The minimum absolute atomic E-state index is 0. The molecule has 0 atom stereocenters. The highest BCUT2D eigenvalue weighted by molar-refractivity contribution is 5.93. The Morgan fingerprint density at radius 3 is 2.30 bits per heavy atom. The number of carbonyl (C=O) groups is 2. The lowest BCUT2D eigenvalue weighted by atomic mass is 9.97. The summed E-state index contributed by atoms with van der Waals surface area (Å²) in [4.78, 5) is 25.5. The standard InChI is InChI=1S/C21H24N2O3.ClH/c24-20(15-23-12-10-17(11-13-23)21(25)26)22-19-9-5-4-8-18(19)14-16-6-2-1-3-7-16;/h1-9,17H,10-15H2,(H,22,24)(H,25,26);1H. The van der Waals surface area contributed by atoms with Gasteiger partial charge in [0, 0.05) is 5.69 Å². The molecule has 1 amide bonds. The maximum absolute atomic E-state index is 12.4. The summed E-state index contributed by atoms with van der Waals surface area (Å²) in [6, 6.07) is 18.0. The summed E-state index contributed by atoms with van der Waals surface area (Å²) in [5.41, 5.74) is 3.11. The fourth-order valence-electron chi connectivity index (χ4n) is 3.34. The molecule has 3 rings (SSSR count). The number of rotatable bonds is 6. The Balaban J connectivity index is 0.00000261. The second kappa shape index (κ2) is 10.1. The number of hydrogen-bond acceptors (Lipinski definition) is 3. The van der Waals surface area contributed by atoms with Crippen molar-refractivity contribution in [1.29, 1.82) is 0 Å². The van der Waals surface area contributed by atoms with E-state index in [9.17, 15) is 9.59 Å². The molecule has 144 valence electrons. The van der Waals surface area contributed by atoms with Crippen LogP contribution in [0, 0.1) is 5.92 Å². The lowest BCUT2D eigenvalue weighted by Gasteiger charge is -2.29. The summed E-state index contributed by atoms with van der Waals surface area (Å²) in [7, 11) is 0. The van der Waals surface area contributed by atoms with E-state index in [1.807, 2.05) is 47.4 Å². The lowest BCUT2D eigenvalue weighted by Crippen LogP contribution is -2.40. The molecule has 27 heavy (non-hydrogen) atoms. The third-order valence-corrected chi connectivity index (χ3v) is 4.83. The van der Waals surface area contributed by atoms with Crippen LogP contribution < -0.4 is 5.32 Å². The van der Waals surface area contributed by atoms with E-state index in [4.69, 9.17) is 5.11 Å². The number of carboxylic acids is 1. The number of piperidine rings is 1. The third-order valence-electron chi connectivity index (χ3n) is 4.83. The van der Waals surface area contributed by atoms with Crippen LogP contribution in [0.2, 0.25) is 0 Å². The molecule has 2 aromatic carbocycles. The Morgan fingerprint density at radius 2 is 1.63 bits per heavy atom. The van der Waals surface area contributed by atoms with Crippen molar-refractivity contribution in [2.45, 2.75) is 19.3 Å². The van der Waals surface area contributed by atoms with Crippen LogP contribution in [-0.4, -0.2) is 41.5 Å². The molecule has 1 aliphatic heterocycles. The van der Waals surface area contributed by atoms with Gasteiger partial charge in [-0.25, -0.2) is 0 Å². The van der Waals surface area contributed by atoms with Gasteiger partial charge in [-0.1, -0.05) is 48.5 Å². The molecular weight excluding hydrogens is 364 g/mol. The fraction of sp³-hybridized carbons (Fsp3) is 0.333. The number of carbonyl (C=O) groups excluding carboxylic acids is 1. The topological polar surface area (TPSA) is 69.6 Å². The van der Waals surface area contributed by atoms with Crippen LogP contribution in [0.3, 0.4) is 0 Å². The zero-order valence-electron chi connectivity index (χ0n) is 15.1. The van der Waals surface area contributed by atoms with Crippen molar-refractivity contribution in [1.82, 2.24) is 4.90 Å². The number of para-hydroxylation sites is 1. The number of anilines is 1. The van der Waals surface area contributed by atoms with Gasteiger partial charge < -0.3 is 10.4 Å². The third kappa shape index (κ3) is 6.08. The van der Waals surface area contributed by atoms with Gasteiger partial charge in [0.25, 0.3) is 0 Å². The molecule has 5 nitrogen and oxygen atoms in total. The van der Waals surface area contributed by atoms with Gasteiger partial charge >= 0.3 is 5.97 Å². The van der Waals surface area contributed by atoms with Crippen molar-refractivity contribution in [2.75, 3.05) is 25.0 Å². The van der Waals surface area contributed by atoms with Crippen LogP contribution in [-0.2, 0) is 16.0 Å². The van der Waals surface area contributed by atoms with Crippen molar-refractivity contribution >= 4 is 30.0 Å². The number of benzene rings is 2. The lowest BCUT2D eigenvalue weighted by molar-refractivity contribution is -0.143. The summed E-state index contributed by atoms with van der Waals surface area (Å²) in [5, 5.41) is 12.1. The quantitative estimate of drug-likeness (QED) is 0.795. The minimum atomic E-state index is -0.732. The number of nitrogens with zero attached hydrogens (tertiary/aromatic N) is 1. The molecule has 0 radical (unpaired) electrons. The van der Waals surface area contributed by atoms with E-state index in [1.54, 1.807) is 0 Å². The summed E-state index contributed by atoms with van der Waals surface area (Å²) in [6.07, 6.45) is 1.97. The maximum Gasteiger partial charge on any atom is 0.306 e. The van der Waals surface area contributed by atoms with Crippen LogP contribution in [0.4, 0.5) is 5.69 Å². The summed E-state index contributed by atoms with van der Waals surface area (Å²) < 4.78 is 0. The smallest absolute Gasteiger partial charge is 0.306 e. The van der Waals surface area contributed by atoms with Gasteiger partial charge in [-0.3, -0.25) is 14.5 Å². The SMILES string of the molecule is Cl.O=C(CN1CCC(C(=O)O)CC1)Nc1ccccc1Cc1ccccc1. The predicted molar refractivity (Wildman–Crippen MR) is 108 cm³/mol. The molecule has 1 fully saturated rings. The van der Waals surface area contributed by atoms with Gasteiger partial charge in [0.2, 0.25) is 5.91 Å². The second-order valence-corrected chi connectivity index (χ2v) is 6.76. The predicted octanol–water partition coefficient (Wildman–Crippen LogP) is 3.43. The van der Waals surface area contributed by atoms with E-state index >= 15 is 0 Å². The Labute approximate surface area is 165 Å². The summed E-state index contributed by atoms with van der Waals surface area (Å²) in [6.45, 7) is 1.60. The summed E-state index contributed by atoms with van der Waals surface area (Å²) in [5.74, 6) is -1.07. The molecule has 1 heterocycles. The van der Waals surface area contributed by atoms with Gasteiger partial charge in [0.1, 0.15) is 0 Å². The monoisotopic (exact) mass is 388 g/mol. The molecule has 2 N–H and O–H groups in total. The number of halogens is 1. The van der Waals surface area contributed by atoms with Crippen LogP contribution in [0.15, 0.2) is 54.6 Å². The zero-order chi connectivity index (χ0) is 18.4. The summed E-state index contributed by atoms with van der Waals surface area (Å²) >= 11 is 0. The minimum Gasteiger partial charge on any atom is -0.481 e. The maximum atomic E-state index is 12.4. The van der Waals surface area contributed by atoms with Crippen LogP contribution in [0.1, 0.15) is 24.0 Å². The second-order valence-electron chi connectivity index (χ2n) is 6.76. The molecule has 0 spiro atoms. The molecule has 0 bridgehead atoms. The highest BCUT2D eigenvalue weighted by Gasteiger charge is 2.25. The van der Waals surface area contributed by atoms with Crippen molar-refractivity contribution < 1.29 is 14.7 Å². The molecule has 0 aromatic heterocycles. The van der Waals surface area contributed by atoms with Crippen LogP contribution in [0.5, 0.6) is 0 Å². The highest BCUT2D eigenvalue weighted by Crippen LogP contribution is 2.20. The van der Waals surface area contributed by atoms with E-state index in [-0.39, 0.29) is 24.2 Å². The number of aliphatic carboxylic acids is 1. The Bertz CT molecular complexity index is 759. The molecule has 1 aliphatic rings. The zero-order valence-corrected chi connectivity index (χ0v) is 16.0. The first-order valence-corrected chi connectivity index (χ1v) is 8.98. The largest absolute Gasteiger partial charge is 0.481 e. The van der Waals surface area contributed by atoms with Gasteiger partial charge in [-0.15, -0.1) is 12.4 Å². The van der Waals surface area contributed by atoms with Gasteiger partial charge in [0.05, 0.1) is 12.5 Å². The number of amides is 1. The van der Waals surface area contributed by atoms with E-state index in [1.165, 1.54) is 5.56 Å². The average molecular weight is 389 g/mol. The molecule has 1 saturated heterocycles. The molecular formula is C21H25ClN2O3. The number of likely N-dealkylation sites (tertiary alicyclic amines) is 1. The first kappa shape index (κ1) is 20.9. The van der Waals surface area contributed by atoms with Crippen LogP contribution >= 0.6 is 12.4 Å². The Morgan fingerprint density at radius 1 is 1.00 bits per heavy atom. The van der Waals surface area contributed by atoms with E-state index in [0.29, 0.717) is 32.5 Å². The fourth-order valence-corrected chi connectivity index (χ4v) is 3.34. The van der Waals surface area contributed by atoms with E-state index in [2.05, 4.69) is 17.4 Å². The molecule has 0 saturated carbocycles. The van der Waals surface area contributed by atoms with E-state index in [0.717, 1.165) is 17.7 Å². The highest BCUT2D eigenvalue weighted by atomic mass is 35.5. The number of nitrogens with one attached hydrogen (secondary N) is 1. The molecule has 0 aliphatic carbocycles.